The van der Waals surface area contributed by atoms with E-state index in [0.29, 0.717) is 35.3 Å². The second-order valence-corrected chi connectivity index (χ2v) is 7.53. The number of hydrogen-bond acceptors (Lipinski definition) is 3. The van der Waals surface area contributed by atoms with Crippen molar-refractivity contribution in [2.75, 3.05) is 79.3 Å². The van der Waals surface area contributed by atoms with Crippen LogP contribution >= 0.6 is 23.2 Å². The summed E-state index contributed by atoms with van der Waals surface area (Å²) in [4.78, 5) is 0. The summed E-state index contributed by atoms with van der Waals surface area (Å²) in [5.74, 6) is 0.522. The molecule has 2 atom stereocenters. The summed E-state index contributed by atoms with van der Waals surface area (Å²) in [5.41, 5.74) is 0. The molecule has 2 unspecified atom stereocenters. The molecule has 5 nitrogen and oxygen atoms in total. The Kier molecular flexibility index (Phi) is 10.4. The van der Waals surface area contributed by atoms with Gasteiger partial charge in [0, 0.05) is 0 Å². The number of aliphatic hydroxyl groups is 2. The Morgan fingerprint density at radius 2 is 1.14 bits per heavy atom. The van der Waals surface area contributed by atoms with E-state index in [9.17, 15) is 10.2 Å². The minimum Gasteiger partial charge on any atom is -0.386 e. The van der Waals surface area contributed by atoms with Gasteiger partial charge in [-0.1, -0.05) is 0 Å². The average Bonchev–Trinajstić information content (AvgIpc) is 2.36. The lowest BCUT2D eigenvalue weighted by Crippen LogP contribution is -2.49. The minimum absolute atomic E-state index is 0.261. The van der Waals surface area contributed by atoms with Gasteiger partial charge in [-0.3, -0.25) is 0 Å². The second-order valence-electron chi connectivity index (χ2n) is 6.91. The molecular formula is C14H32Cl2N2O3+2. The van der Waals surface area contributed by atoms with Crippen molar-refractivity contribution < 1.29 is 23.9 Å². The van der Waals surface area contributed by atoms with E-state index in [-0.39, 0.29) is 11.8 Å². The Morgan fingerprint density at radius 3 is 1.43 bits per heavy atom. The van der Waals surface area contributed by atoms with Gasteiger partial charge in [-0.15, -0.1) is 23.2 Å². The Hall–Kier alpha value is 0.380. The largest absolute Gasteiger partial charge is 0.386 e. The third-order valence-electron chi connectivity index (χ3n) is 3.45. The fourth-order valence-electron chi connectivity index (χ4n) is 2.15. The van der Waals surface area contributed by atoms with Crippen molar-refractivity contribution in [2.24, 2.45) is 0 Å². The quantitative estimate of drug-likeness (QED) is 0.304. The molecule has 0 aromatic heterocycles. The zero-order valence-electron chi connectivity index (χ0n) is 13.8. The van der Waals surface area contributed by atoms with Crippen molar-refractivity contribution in [3.63, 3.8) is 0 Å². The molecule has 0 heterocycles. The van der Waals surface area contributed by atoms with Crippen LogP contribution in [-0.2, 0) is 4.74 Å². The fourth-order valence-corrected chi connectivity index (χ4v) is 2.34. The predicted octanol–water partition coefficient (Wildman–Crippen LogP) is 0.355. The number of ether oxygens (including phenoxy) is 1. The summed E-state index contributed by atoms with van der Waals surface area (Å²) in [6, 6.07) is 0. The van der Waals surface area contributed by atoms with Gasteiger partial charge in [0.25, 0.3) is 0 Å². The highest BCUT2D eigenvalue weighted by Gasteiger charge is 2.21. The summed E-state index contributed by atoms with van der Waals surface area (Å²) in [6.45, 7) is 4.17. The molecule has 7 heteroatoms. The van der Waals surface area contributed by atoms with Crippen molar-refractivity contribution in [2.45, 2.75) is 12.2 Å². The lowest BCUT2D eigenvalue weighted by atomic mass is 10.3. The molecule has 0 rings (SSSR count). The van der Waals surface area contributed by atoms with Crippen LogP contribution in [0.15, 0.2) is 0 Å². The van der Waals surface area contributed by atoms with Crippen LogP contribution in [0.25, 0.3) is 0 Å². The number of nitrogens with zero attached hydrogens (tertiary/aromatic N) is 2. The van der Waals surface area contributed by atoms with E-state index in [1.54, 1.807) is 0 Å². The van der Waals surface area contributed by atoms with E-state index < -0.39 is 12.2 Å². The summed E-state index contributed by atoms with van der Waals surface area (Å²) in [7, 11) is 8.21. The second kappa shape index (κ2) is 10.2. The van der Waals surface area contributed by atoms with Crippen molar-refractivity contribution in [3.05, 3.63) is 0 Å². The van der Waals surface area contributed by atoms with Crippen molar-refractivity contribution >= 4 is 23.2 Å². The van der Waals surface area contributed by atoms with Gasteiger partial charge in [0.2, 0.25) is 0 Å². The minimum atomic E-state index is -0.477. The molecule has 0 radical (unpaired) electrons. The van der Waals surface area contributed by atoms with Gasteiger partial charge in [0.1, 0.15) is 38.4 Å². The normalized spacial score (nSPS) is 16.0. The molecule has 0 aliphatic carbocycles. The number of hydrogen-bond donors (Lipinski definition) is 2. The SMILES string of the molecule is C[N+](C)(CCOCC[N+](C)(C)CC(O)CCl)CC(O)CCl. The Morgan fingerprint density at radius 1 is 0.810 bits per heavy atom. The van der Waals surface area contributed by atoms with E-state index >= 15 is 0 Å². The topological polar surface area (TPSA) is 49.7 Å². The number of rotatable bonds is 12. The molecule has 0 amide bonds. The monoisotopic (exact) mass is 346 g/mol. The first-order valence-corrected chi connectivity index (χ1v) is 8.38. The summed E-state index contributed by atoms with van der Waals surface area (Å²) < 4.78 is 7.03. The lowest BCUT2D eigenvalue weighted by Gasteiger charge is -2.32. The van der Waals surface area contributed by atoms with Gasteiger partial charge >= 0.3 is 0 Å². The summed E-state index contributed by atoms with van der Waals surface area (Å²) >= 11 is 11.2. The molecule has 21 heavy (non-hydrogen) atoms. The molecule has 0 aromatic carbocycles. The van der Waals surface area contributed by atoms with Gasteiger partial charge in [0.15, 0.2) is 0 Å². The number of alkyl halides is 2. The van der Waals surface area contributed by atoms with E-state index in [1.165, 1.54) is 0 Å². The molecular weight excluding hydrogens is 315 g/mol. The van der Waals surface area contributed by atoms with Gasteiger partial charge in [-0.25, -0.2) is 0 Å². The van der Waals surface area contributed by atoms with Crippen LogP contribution in [0.2, 0.25) is 0 Å². The number of likely N-dealkylation sites (N-methyl/N-ethyl adjacent to an activating group) is 2. The van der Waals surface area contributed by atoms with Crippen LogP contribution < -0.4 is 0 Å². The van der Waals surface area contributed by atoms with Crippen LogP contribution in [0.1, 0.15) is 0 Å². The first-order chi connectivity index (χ1) is 9.62. The first kappa shape index (κ1) is 21.4. The fraction of sp³-hybridized carbons (Fsp3) is 1.00. The molecule has 0 aromatic rings. The highest BCUT2D eigenvalue weighted by atomic mass is 35.5. The molecule has 2 N–H and O–H groups in total. The van der Waals surface area contributed by atoms with Crippen molar-refractivity contribution in [1.29, 1.82) is 0 Å². The Bertz CT molecular complexity index is 253. The molecule has 0 saturated heterocycles. The van der Waals surface area contributed by atoms with Crippen LogP contribution in [0.3, 0.4) is 0 Å². The highest BCUT2D eigenvalue weighted by molar-refractivity contribution is 6.18. The van der Waals surface area contributed by atoms with Gasteiger partial charge in [-0.05, 0) is 0 Å². The Labute approximate surface area is 139 Å². The third-order valence-corrected chi connectivity index (χ3v) is 4.16. The number of aliphatic hydroxyl groups excluding tert-OH is 2. The standard InChI is InChI=1S/C14H32Cl2N2O3/c1-17(2,11-13(19)9-15)5-7-21-8-6-18(3,4)12-14(20)10-16/h13-14,19-20H,5-12H2,1-4H3/q+2. The zero-order valence-corrected chi connectivity index (χ0v) is 15.3. The van der Waals surface area contributed by atoms with E-state index in [2.05, 4.69) is 28.2 Å². The third kappa shape index (κ3) is 11.6. The van der Waals surface area contributed by atoms with Crippen molar-refractivity contribution in [1.82, 2.24) is 0 Å². The maximum Gasteiger partial charge on any atom is 0.116 e. The number of halogens is 2. The average molecular weight is 347 g/mol. The molecule has 0 saturated carbocycles. The van der Waals surface area contributed by atoms with Crippen LogP contribution in [0, 0.1) is 0 Å². The zero-order chi connectivity index (χ0) is 16.5. The van der Waals surface area contributed by atoms with Crippen LogP contribution in [-0.4, -0.2) is 111 Å². The predicted molar refractivity (Wildman–Crippen MR) is 88.0 cm³/mol. The number of quaternary nitrogens is 2. The Balaban J connectivity index is 3.85. The summed E-state index contributed by atoms with van der Waals surface area (Å²) in [6.07, 6.45) is -0.955. The van der Waals surface area contributed by atoms with Gasteiger partial charge in [-0.2, -0.15) is 0 Å². The lowest BCUT2D eigenvalue weighted by molar-refractivity contribution is -0.896. The van der Waals surface area contributed by atoms with Crippen LogP contribution in [0.5, 0.6) is 0 Å². The summed E-state index contributed by atoms with van der Waals surface area (Å²) in [5, 5.41) is 19.2. The van der Waals surface area contributed by atoms with E-state index in [4.69, 9.17) is 27.9 Å². The smallest absolute Gasteiger partial charge is 0.116 e. The molecule has 0 fully saturated rings. The van der Waals surface area contributed by atoms with E-state index in [0.717, 1.165) is 13.1 Å². The van der Waals surface area contributed by atoms with Gasteiger partial charge < -0.3 is 23.9 Å². The molecule has 0 bridgehead atoms. The highest BCUT2D eigenvalue weighted by Crippen LogP contribution is 2.03. The van der Waals surface area contributed by atoms with Crippen LogP contribution in [0.4, 0.5) is 0 Å². The van der Waals surface area contributed by atoms with Crippen molar-refractivity contribution in [3.8, 4) is 0 Å². The molecule has 0 aliphatic heterocycles. The molecule has 0 spiro atoms. The maximum absolute atomic E-state index is 9.58. The first-order valence-electron chi connectivity index (χ1n) is 7.32. The molecule has 0 aliphatic rings. The molecule has 128 valence electrons. The van der Waals surface area contributed by atoms with Gasteiger partial charge in [0.05, 0.1) is 53.2 Å². The maximum atomic E-state index is 9.58. The van der Waals surface area contributed by atoms with E-state index in [1.807, 2.05) is 0 Å².